The lowest BCUT2D eigenvalue weighted by Crippen LogP contribution is -1.81. The van der Waals surface area contributed by atoms with E-state index in [-0.39, 0.29) is 5.82 Å². The Bertz CT molecular complexity index is 413. The summed E-state index contributed by atoms with van der Waals surface area (Å²) in [4.78, 5) is 0. The van der Waals surface area contributed by atoms with Crippen LogP contribution < -0.4 is 0 Å². The van der Waals surface area contributed by atoms with Crippen LogP contribution in [0, 0.1) is 5.82 Å². The van der Waals surface area contributed by atoms with Gasteiger partial charge in [0.1, 0.15) is 11.5 Å². The van der Waals surface area contributed by atoms with E-state index in [1.165, 1.54) is 6.07 Å². The van der Waals surface area contributed by atoms with E-state index >= 15 is 0 Å². The van der Waals surface area contributed by atoms with E-state index < -0.39 is 0 Å². The summed E-state index contributed by atoms with van der Waals surface area (Å²) in [6.45, 7) is 0. The van der Waals surface area contributed by atoms with E-state index in [1.807, 2.05) is 0 Å². The molecule has 2 aromatic rings. The quantitative estimate of drug-likeness (QED) is 0.833. The van der Waals surface area contributed by atoms with Crippen molar-refractivity contribution < 1.29 is 4.39 Å². The van der Waals surface area contributed by atoms with Crippen LogP contribution in [-0.4, -0.2) is 15.4 Å². The Labute approximate surface area is 82.1 Å². The van der Waals surface area contributed by atoms with Gasteiger partial charge >= 0.3 is 0 Å². The Hall–Kier alpha value is -1.23. The summed E-state index contributed by atoms with van der Waals surface area (Å²) in [5.41, 5.74) is 1.33. The fraction of sp³-hybridized carbons (Fsp3) is 0. The summed E-state index contributed by atoms with van der Waals surface area (Å²) < 4.78 is 13.5. The molecule has 66 valence electrons. The van der Waals surface area contributed by atoms with Crippen molar-refractivity contribution in [2.24, 2.45) is 0 Å². The highest BCUT2D eigenvalue weighted by Crippen LogP contribution is 2.22. The molecule has 0 spiro atoms. The van der Waals surface area contributed by atoms with Crippen LogP contribution in [-0.2, 0) is 0 Å². The smallest absolute Gasteiger partial charge is 0.138 e. The zero-order chi connectivity index (χ0) is 9.26. The molecule has 3 nitrogen and oxygen atoms in total. The van der Waals surface area contributed by atoms with Crippen LogP contribution in [0.25, 0.3) is 11.3 Å². The number of halogens is 2. The first-order valence-electron chi connectivity index (χ1n) is 3.59. The van der Waals surface area contributed by atoms with Gasteiger partial charge in [0, 0.05) is 11.8 Å². The molecule has 1 N–H and O–H groups in total. The molecule has 0 bridgehead atoms. The second-order valence-electron chi connectivity index (χ2n) is 2.49. The minimum absolute atomic E-state index is 0.305. The maximum absolute atomic E-state index is 13.1. The zero-order valence-corrected chi connectivity index (χ0v) is 8.05. The Morgan fingerprint density at radius 2 is 2.23 bits per heavy atom. The molecule has 0 aliphatic rings. The van der Waals surface area contributed by atoms with Gasteiger partial charge in [-0.2, -0.15) is 0 Å². The first kappa shape index (κ1) is 8.37. The van der Waals surface area contributed by atoms with E-state index in [0.717, 1.165) is 0 Å². The third kappa shape index (κ3) is 1.60. The molecule has 0 amide bonds. The van der Waals surface area contributed by atoms with Gasteiger partial charge in [-0.25, -0.2) is 4.39 Å². The zero-order valence-electron chi connectivity index (χ0n) is 6.46. The number of H-pyrrole nitrogens is 1. The molecule has 0 saturated heterocycles. The van der Waals surface area contributed by atoms with Crippen molar-refractivity contribution in [3.8, 4) is 11.3 Å². The van der Waals surface area contributed by atoms with Gasteiger partial charge in [0.25, 0.3) is 0 Å². The van der Waals surface area contributed by atoms with Crippen molar-refractivity contribution in [1.29, 1.82) is 0 Å². The average molecular weight is 242 g/mol. The van der Waals surface area contributed by atoms with Gasteiger partial charge in [0.2, 0.25) is 0 Å². The van der Waals surface area contributed by atoms with Crippen molar-refractivity contribution >= 4 is 15.9 Å². The molecule has 1 aromatic heterocycles. The third-order valence-electron chi connectivity index (χ3n) is 1.63. The van der Waals surface area contributed by atoms with Crippen molar-refractivity contribution in [2.75, 3.05) is 0 Å². The van der Waals surface area contributed by atoms with Gasteiger partial charge in [-0.15, -0.1) is 5.10 Å². The average Bonchev–Trinajstić information content (AvgIpc) is 2.62. The third-order valence-corrected chi connectivity index (χ3v) is 2.28. The Balaban J connectivity index is 2.49. The van der Waals surface area contributed by atoms with Gasteiger partial charge in [0.15, 0.2) is 0 Å². The van der Waals surface area contributed by atoms with Gasteiger partial charge in [-0.05, 0) is 28.1 Å². The minimum atomic E-state index is -0.305. The maximum atomic E-state index is 13.1. The van der Waals surface area contributed by atoms with E-state index in [9.17, 15) is 4.39 Å². The van der Waals surface area contributed by atoms with Crippen LogP contribution in [0.5, 0.6) is 0 Å². The highest BCUT2D eigenvalue weighted by molar-refractivity contribution is 9.10. The second kappa shape index (κ2) is 3.26. The fourth-order valence-corrected chi connectivity index (χ4v) is 1.24. The highest BCUT2D eigenvalue weighted by Gasteiger charge is 2.04. The van der Waals surface area contributed by atoms with Crippen LogP contribution in [0.1, 0.15) is 0 Å². The van der Waals surface area contributed by atoms with Gasteiger partial charge in [-0.1, -0.05) is 11.3 Å². The normalized spacial score (nSPS) is 10.3. The Morgan fingerprint density at radius 3 is 2.85 bits per heavy atom. The van der Waals surface area contributed by atoms with Crippen molar-refractivity contribution in [1.82, 2.24) is 15.4 Å². The molecule has 1 heterocycles. The molecular formula is C8H5BrFN3. The number of hydrogen-bond donors (Lipinski definition) is 1. The molecule has 13 heavy (non-hydrogen) atoms. The van der Waals surface area contributed by atoms with E-state index in [4.69, 9.17) is 0 Å². The van der Waals surface area contributed by atoms with Crippen molar-refractivity contribution in [3.63, 3.8) is 0 Å². The van der Waals surface area contributed by atoms with Crippen molar-refractivity contribution in [2.45, 2.75) is 0 Å². The lowest BCUT2D eigenvalue weighted by molar-refractivity contribution is 0.621. The number of rotatable bonds is 1. The number of aromatic amines is 1. The highest BCUT2D eigenvalue weighted by atomic mass is 79.9. The summed E-state index contributed by atoms with van der Waals surface area (Å²) in [6, 6.07) is 4.81. The van der Waals surface area contributed by atoms with Crippen LogP contribution in [0.2, 0.25) is 0 Å². The van der Waals surface area contributed by atoms with Gasteiger partial charge < -0.3 is 0 Å². The fourth-order valence-electron chi connectivity index (χ4n) is 0.998. The van der Waals surface area contributed by atoms with E-state index in [1.54, 1.807) is 18.3 Å². The maximum Gasteiger partial charge on any atom is 0.138 e. The summed E-state index contributed by atoms with van der Waals surface area (Å²) in [6.07, 6.45) is 1.61. The molecule has 0 saturated carbocycles. The lowest BCUT2D eigenvalue weighted by Gasteiger charge is -1.97. The topological polar surface area (TPSA) is 41.6 Å². The molecule has 0 radical (unpaired) electrons. The SMILES string of the molecule is Fc1cc(-c2c[nH]nn2)ccc1Br. The largest absolute Gasteiger partial charge is 0.265 e. The predicted molar refractivity (Wildman–Crippen MR) is 49.5 cm³/mol. The number of benzene rings is 1. The minimum Gasteiger partial charge on any atom is -0.265 e. The molecule has 0 unspecified atom stereocenters. The standard InChI is InChI=1S/C8H5BrFN3/c9-6-2-1-5(3-7(6)10)8-4-11-13-12-8/h1-4H,(H,11,12,13). The van der Waals surface area contributed by atoms with Gasteiger partial charge in [-0.3, -0.25) is 5.10 Å². The van der Waals surface area contributed by atoms with E-state index in [2.05, 4.69) is 31.3 Å². The monoisotopic (exact) mass is 241 g/mol. The Kier molecular flexibility index (Phi) is 2.10. The van der Waals surface area contributed by atoms with Crippen LogP contribution >= 0.6 is 15.9 Å². The molecule has 0 aliphatic carbocycles. The molecule has 5 heteroatoms. The first-order chi connectivity index (χ1) is 6.27. The summed E-state index contributed by atoms with van der Waals surface area (Å²) in [5, 5.41) is 9.88. The van der Waals surface area contributed by atoms with Crippen LogP contribution in [0.3, 0.4) is 0 Å². The van der Waals surface area contributed by atoms with Gasteiger partial charge in [0.05, 0.1) is 4.47 Å². The molecular weight excluding hydrogens is 237 g/mol. The first-order valence-corrected chi connectivity index (χ1v) is 4.38. The molecule has 2 rings (SSSR count). The number of nitrogens with zero attached hydrogens (tertiary/aromatic N) is 2. The lowest BCUT2D eigenvalue weighted by atomic mass is 10.2. The number of aromatic nitrogens is 3. The molecule has 0 fully saturated rings. The molecule has 0 atom stereocenters. The summed E-state index contributed by atoms with van der Waals surface area (Å²) in [5.74, 6) is -0.305. The van der Waals surface area contributed by atoms with Crippen LogP contribution in [0.4, 0.5) is 4.39 Å². The second-order valence-corrected chi connectivity index (χ2v) is 3.34. The molecule has 1 aromatic carbocycles. The summed E-state index contributed by atoms with van der Waals surface area (Å²) >= 11 is 3.07. The van der Waals surface area contributed by atoms with Crippen LogP contribution in [0.15, 0.2) is 28.9 Å². The molecule has 0 aliphatic heterocycles. The number of hydrogen-bond acceptors (Lipinski definition) is 2. The van der Waals surface area contributed by atoms with Crippen molar-refractivity contribution in [3.05, 3.63) is 34.7 Å². The van der Waals surface area contributed by atoms with E-state index in [0.29, 0.717) is 15.7 Å². The Morgan fingerprint density at radius 1 is 1.38 bits per heavy atom. The summed E-state index contributed by atoms with van der Waals surface area (Å²) in [7, 11) is 0. The number of nitrogens with one attached hydrogen (secondary N) is 1. The predicted octanol–water partition coefficient (Wildman–Crippen LogP) is 2.37.